The number of morpholine rings is 1. The van der Waals surface area contributed by atoms with Gasteiger partial charge in [0.2, 0.25) is 10.0 Å². The van der Waals surface area contributed by atoms with Crippen molar-refractivity contribution in [2.45, 2.75) is 43.1 Å². The molecule has 1 aromatic rings. The van der Waals surface area contributed by atoms with Crippen molar-refractivity contribution in [2.75, 3.05) is 33.4 Å². The van der Waals surface area contributed by atoms with Gasteiger partial charge in [-0.25, -0.2) is 13.2 Å². The number of ether oxygens (including phenoxy) is 3. The number of rotatable bonds is 5. The van der Waals surface area contributed by atoms with Crippen LogP contribution < -0.4 is 4.74 Å². The maximum atomic E-state index is 13.0. The zero-order chi connectivity index (χ0) is 18.6. The summed E-state index contributed by atoms with van der Waals surface area (Å²) in [6.45, 7) is 1.26. The first-order valence-electron chi connectivity index (χ1n) is 8.99. The van der Waals surface area contributed by atoms with Gasteiger partial charge in [-0.1, -0.05) is 6.42 Å². The lowest BCUT2D eigenvalue weighted by molar-refractivity contribution is 0.0211. The summed E-state index contributed by atoms with van der Waals surface area (Å²) < 4.78 is 43.3. The molecule has 2 fully saturated rings. The number of hydrogen-bond acceptors (Lipinski definition) is 6. The Morgan fingerprint density at radius 2 is 1.85 bits per heavy atom. The third-order valence-electron chi connectivity index (χ3n) is 4.81. The molecule has 7 nitrogen and oxygen atoms in total. The second kappa shape index (κ2) is 8.37. The molecule has 3 rings (SSSR count). The highest BCUT2D eigenvalue weighted by Gasteiger charge is 2.30. The van der Waals surface area contributed by atoms with Gasteiger partial charge in [-0.05, 0) is 43.9 Å². The molecule has 1 heterocycles. The molecular weight excluding hydrogens is 358 g/mol. The molecule has 0 N–H and O–H groups in total. The van der Waals surface area contributed by atoms with Gasteiger partial charge in [-0.3, -0.25) is 0 Å². The molecule has 1 saturated carbocycles. The number of hydrogen-bond donors (Lipinski definition) is 0. The van der Waals surface area contributed by atoms with E-state index in [1.54, 1.807) is 6.07 Å². The molecule has 8 heteroatoms. The van der Waals surface area contributed by atoms with Crippen molar-refractivity contribution in [3.63, 3.8) is 0 Å². The Morgan fingerprint density at radius 3 is 2.50 bits per heavy atom. The van der Waals surface area contributed by atoms with E-state index in [9.17, 15) is 13.2 Å². The quantitative estimate of drug-likeness (QED) is 0.725. The molecule has 1 aromatic carbocycles. The van der Waals surface area contributed by atoms with Crippen LogP contribution in [0.3, 0.4) is 0 Å². The lowest BCUT2D eigenvalue weighted by Crippen LogP contribution is -2.40. The first-order valence-corrected chi connectivity index (χ1v) is 10.4. The molecule has 0 amide bonds. The third kappa shape index (κ3) is 4.19. The third-order valence-corrected chi connectivity index (χ3v) is 6.73. The predicted octanol–water partition coefficient (Wildman–Crippen LogP) is 2.21. The molecule has 2 aliphatic rings. The number of sulfonamides is 1. The van der Waals surface area contributed by atoms with Crippen LogP contribution in [0.15, 0.2) is 23.1 Å². The smallest absolute Gasteiger partial charge is 0.338 e. The van der Waals surface area contributed by atoms with Gasteiger partial charge in [-0.15, -0.1) is 0 Å². The van der Waals surface area contributed by atoms with Gasteiger partial charge in [0.05, 0.1) is 25.9 Å². The first-order chi connectivity index (χ1) is 12.5. The Bertz CT molecular complexity index is 736. The Balaban J connectivity index is 1.84. The summed E-state index contributed by atoms with van der Waals surface area (Å²) >= 11 is 0. The minimum Gasteiger partial charge on any atom is -0.495 e. The number of carbonyl (C=O) groups excluding carboxylic acids is 1. The lowest BCUT2D eigenvalue weighted by atomic mass is 9.98. The van der Waals surface area contributed by atoms with E-state index in [2.05, 4.69) is 0 Å². The number of carbonyl (C=O) groups is 1. The summed E-state index contributed by atoms with van der Waals surface area (Å²) in [5.74, 6) is -0.274. The van der Waals surface area contributed by atoms with Gasteiger partial charge >= 0.3 is 5.97 Å². The van der Waals surface area contributed by atoms with Crippen molar-refractivity contribution in [3.8, 4) is 5.75 Å². The van der Waals surface area contributed by atoms with Crippen LogP contribution in [-0.2, 0) is 19.5 Å². The van der Waals surface area contributed by atoms with E-state index < -0.39 is 16.0 Å². The van der Waals surface area contributed by atoms with Gasteiger partial charge in [0, 0.05) is 13.1 Å². The molecule has 26 heavy (non-hydrogen) atoms. The summed E-state index contributed by atoms with van der Waals surface area (Å²) in [5.41, 5.74) is 0.225. The molecule has 0 spiro atoms. The Morgan fingerprint density at radius 1 is 1.15 bits per heavy atom. The Hall–Kier alpha value is -1.64. The fourth-order valence-electron chi connectivity index (χ4n) is 3.33. The topological polar surface area (TPSA) is 82.1 Å². The molecular formula is C18H25NO6S. The summed E-state index contributed by atoms with van der Waals surface area (Å²) in [5, 5.41) is 0. The largest absolute Gasteiger partial charge is 0.495 e. The van der Waals surface area contributed by atoms with Gasteiger partial charge in [0.1, 0.15) is 16.7 Å². The van der Waals surface area contributed by atoms with Gasteiger partial charge in [0.15, 0.2) is 0 Å². The Kier molecular flexibility index (Phi) is 6.16. The lowest BCUT2D eigenvalue weighted by Gasteiger charge is -2.27. The van der Waals surface area contributed by atoms with Gasteiger partial charge in [-0.2, -0.15) is 4.31 Å². The molecule has 1 saturated heterocycles. The van der Waals surface area contributed by atoms with Crippen molar-refractivity contribution >= 4 is 16.0 Å². The van der Waals surface area contributed by atoms with Gasteiger partial charge < -0.3 is 14.2 Å². The SMILES string of the molecule is COc1ccc(C(=O)OC2CCCCC2)cc1S(=O)(=O)N1CCOCC1. The van der Waals surface area contributed by atoms with Crippen LogP contribution >= 0.6 is 0 Å². The van der Waals surface area contributed by atoms with Crippen molar-refractivity contribution in [2.24, 2.45) is 0 Å². The number of methoxy groups -OCH3 is 1. The zero-order valence-corrected chi connectivity index (χ0v) is 15.8. The van der Waals surface area contributed by atoms with E-state index >= 15 is 0 Å². The summed E-state index contributed by atoms with van der Waals surface area (Å²) in [7, 11) is -2.36. The fourth-order valence-corrected chi connectivity index (χ4v) is 4.92. The van der Waals surface area contributed by atoms with Crippen molar-refractivity contribution in [3.05, 3.63) is 23.8 Å². The highest BCUT2D eigenvalue weighted by molar-refractivity contribution is 7.89. The molecule has 144 valence electrons. The van der Waals surface area contributed by atoms with E-state index in [-0.39, 0.29) is 35.4 Å². The molecule has 1 aliphatic heterocycles. The van der Waals surface area contributed by atoms with E-state index in [0.29, 0.717) is 13.2 Å². The number of benzene rings is 1. The van der Waals surface area contributed by atoms with Crippen LogP contribution in [0.5, 0.6) is 5.75 Å². The molecule has 0 unspecified atom stereocenters. The maximum absolute atomic E-state index is 13.0. The van der Waals surface area contributed by atoms with Crippen molar-refractivity contribution < 1.29 is 27.4 Å². The second-order valence-corrected chi connectivity index (χ2v) is 8.45. The van der Waals surface area contributed by atoms with E-state index in [1.165, 1.54) is 30.0 Å². The average Bonchev–Trinajstić information content (AvgIpc) is 2.69. The molecule has 0 radical (unpaired) electrons. The van der Waals surface area contributed by atoms with Crippen molar-refractivity contribution in [1.82, 2.24) is 4.31 Å². The standard InChI is InChI=1S/C18H25NO6S/c1-23-16-8-7-14(18(20)25-15-5-3-2-4-6-15)13-17(16)26(21,22)19-9-11-24-12-10-19/h7-8,13,15H,2-6,9-12H2,1H3. The molecule has 0 atom stereocenters. The highest BCUT2D eigenvalue weighted by atomic mass is 32.2. The normalized spacial score (nSPS) is 19.9. The van der Waals surface area contributed by atoms with Crippen LogP contribution in [0, 0.1) is 0 Å². The summed E-state index contributed by atoms with van der Waals surface area (Å²) in [4.78, 5) is 12.5. The van der Waals surface area contributed by atoms with Crippen LogP contribution in [-0.4, -0.2) is 58.2 Å². The molecule has 1 aliphatic carbocycles. The maximum Gasteiger partial charge on any atom is 0.338 e. The van der Waals surface area contributed by atoms with Crippen LogP contribution in [0.25, 0.3) is 0 Å². The monoisotopic (exact) mass is 383 g/mol. The molecule has 0 aromatic heterocycles. The minimum atomic E-state index is -3.77. The average molecular weight is 383 g/mol. The van der Waals surface area contributed by atoms with Crippen LogP contribution in [0.2, 0.25) is 0 Å². The summed E-state index contributed by atoms with van der Waals surface area (Å²) in [6, 6.07) is 4.40. The fraction of sp³-hybridized carbons (Fsp3) is 0.611. The Labute approximate surface area is 154 Å². The van der Waals surface area contributed by atoms with Gasteiger partial charge in [0.25, 0.3) is 0 Å². The zero-order valence-electron chi connectivity index (χ0n) is 15.0. The molecule has 0 bridgehead atoms. The van der Waals surface area contributed by atoms with E-state index in [1.807, 2.05) is 0 Å². The second-order valence-electron chi connectivity index (χ2n) is 6.55. The minimum absolute atomic E-state index is 0.0139. The van der Waals surface area contributed by atoms with Crippen molar-refractivity contribution in [1.29, 1.82) is 0 Å². The number of nitrogens with zero attached hydrogens (tertiary/aromatic N) is 1. The van der Waals surface area contributed by atoms with E-state index in [4.69, 9.17) is 14.2 Å². The summed E-state index contributed by atoms with van der Waals surface area (Å²) in [6.07, 6.45) is 4.91. The first kappa shape index (κ1) is 19.1. The van der Waals surface area contributed by atoms with Crippen LogP contribution in [0.1, 0.15) is 42.5 Å². The van der Waals surface area contributed by atoms with E-state index in [0.717, 1.165) is 25.7 Å². The predicted molar refractivity (Wildman–Crippen MR) is 94.9 cm³/mol. The highest BCUT2D eigenvalue weighted by Crippen LogP contribution is 2.29. The number of esters is 1. The van der Waals surface area contributed by atoms with Crippen LogP contribution in [0.4, 0.5) is 0 Å².